The summed E-state index contributed by atoms with van der Waals surface area (Å²) in [7, 11) is 0.0311. The van der Waals surface area contributed by atoms with Gasteiger partial charge >= 0.3 is 0 Å². The number of anilines is 3. The molecule has 1 aliphatic heterocycles. The van der Waals surface area contributed by atoms with Crippen LogP contribution in [0, 0.1) is 0 Å². The number of amides is 1. The average molecular weight is 361 g/mol. The van der Waals surface area contributed by atoms with Crippen molar-refractivity contribution >= 4 is 33.0 Å². The summed E-state index contributed by atoms with van der Waals surface area (Å²) in [6.07, 6.45) is -0.608. The first-order valence-electron chi connectivity index (χ1n) is 7.68. The quantitative estimate of drug-likeness (QED) is 0.872. The van der Waals surface area contributed by atoms with Crippen LogP contribution in [0.3, 0.4) is 0 Å². The van der Waals surface area contributed by atoms with E-state index in [-0.39, 0.29) is 10.8 Å². The number of carbonyl (C=O) groups excluding carboxylic acids is 1. The molecule has 1 atom stereocenters. The summed E-state index contributed by atoms with van der Waals surface area (Å²) in [5.74, 6) is 0.135. The van der Waals surface area contributed by atoms with Crippen molar-refractivity contribution < 1.29 is 17.9 Å². The Bertz CT molecular complexity index is 908. The number of fused-ring (bicyclic) bond motifs is 1. The summed E-state index contributed by atoms with van der Waals surface area (Å²) < 4.78 is 33.1. The van der Waals surface area contributed by atoms with Crippen LogP contribution in [0.1, 0.15) is 6.92 Å². The maximum atomic E-state index is 12.6. The molecule has 0 bridgehead atoms. The molecule has 1 amide bonds. The van der Waals surface area contributed by atoms with E-state index in [0.717, 1.165) is 5.69 Å². The zero-order valence-electron chi connectivity index (χ0n) is 14.1. The molecular weight excluding hydrogens is 342 g/mol. The van der Waals surface area contributed by atoms with E-state index in [1.807, 2.05) is 31.1 Å². The third-order valence-electron chi connectivity index (χ3n) is 3.83. The van der Waals surface area contributed by atoms with Gasteiger partial charge in [-0.1, -0.05) is 0 Å². The van der Waals surface area contributed by atoms with Crippen LogP contribution in [-0.4, -0.2) is 34.5 Å². The van der Waals surface area contributed by atoms with E-state index in [9.17, 15) is 13.2 Å². The van der Waals surface area contributed by atoms with Crippen molar-refractivity contribution in [3.8, 4) is 5.75 Å². The van der Waals surface area contributed by atoms with Crippen molar-refractivity contribution in [3.05, 3.63) is 42.5 Å². The number of hydrogen-bond donors (Lipinski definition) is 2. The molecule has 132 valence electrons. The van der Waals surface area contributed by atoms with E-state index in [0.29, 0.717) is 17.1 Å². The van der Waals surface area contributed by atoms with Crippen LogP contribution in [0.15, 0.2) is 47.4 Å². The van der Waals surface area contributed by atoms with Gasteiger partial charge in [-0.2, -0.15) is 0 Å². The van der Waals surface area contributed by atoms with Crippen molar-refractivity contribution in [1.29, 1.82) is 0 Å². The Morgan fingerprint density at radius 3 is 2.44 bits per heavy atom. The Morgan fingerprint density at radius 2 is 1.80 bits per heavy atom. The smallest absolute Gasteiger partial charge is 0.265 e. The molecule has 1 aliphatic rings. The number of hydrogen-bond acceptors (Lipinski definition) is 5. The molecule has 25 heavy (non-hydrogen) atoms. The number of carbonyl (C=O) groups is 1. The second kappa shape index (κ2) is 6.29. The van der Waals surface area contributed by atoms with E-state index >= 15 is 0 Å². The van der Waals surface area contributed by atoms with Gasteiger partial charge < -0.3 is 15.0 Å². The predicted molar refractivity (Wildman–Crippen MR) is 96.7 cm³/mol. The van der Waals surface area contributed by atoms with Gasteiger partial charge in [-0.05, 0) is 49.4 Å². The third kappa shape index (κ3) is 3.53. The normalized spacial score (nSPS) is 16.4. The molecule has 1 unspecified atom stereocenters. The van der Waals surface area contributed by atoms with Gasteiger partial charge in [0, 0.05) is 25.5 Å². The lowest BCUT2D eigenvalue weighted by Crippen LogP contribution is -2.34. The van der Waals surface area contributed by atoms with E-state index in [1.54, 1.807) is 19.1 Å². The molecule has 0 aliphatic carbocycles. The Kier molecular flexibility index (Phi) is 4.30. The van der Waals surface area contributed by atoms with Gasteiger partial charge in [0.2, 0.25) is 0 Å². The zero-order chi connectivity index (χ0) is 18.2. The van der Waals surface area contributed by atoms with Crippen molar-refractivity contribution in [1.82, 2.24) is 0 Å². The van der Waals surface area contributed by atoms with Crippen LogP contribution >= 0.6 is 0 Å². The average Bonchev–Trinajstić information content (AvgIpc) is 2.55. The Labute approximate surface area is 146 Å². The van der Waals surface area contributed by atoms with E-state index in [4.69, 9.17) is 4.74 Å². The fourth-order valence-corrected chi connectivity index (χ4v) is 3.48. The highest BCUT2D eigenvalue weighted by Gasteiger charge is 2.25. The first-order valence-corrected chi connectivity index (χ1v) is 9.16. The monoisotopic (exact) mass is 361 g/mol. The van der Waals surface area contributed by atoms with Crippen LogP contribution in [0.2, 0.25) is 0 Å². The van der Waals surface area contributed by atoms with Crippen LogP contribution < -0.4 is 19.7 Å². The minimum absolute atomic E-state index is 0.0430. The number of sulfonamides is 1. The van der Waals surface area contributed by atoms with E-state index < -0.39 is 16.1 Å². The molecule has 2 aromatic rings. The highest BCUT2D eigenvalue weighted by Crippen LogP contribution is 2.32. The number of nitrogens with zero attached hydrogens (tertiary/aromatic N) is 1. The second-order valence-electron chi connectivity index (χ2n) is 5.95. The molecule has 7 nitrogen and oxygen atoms in total. The standard InChI is InChI=1S/C17H19N3O4S/c1-11-17(21)18-15-10-14(8-9-16(15)24-11)25(22,23)19-12-4-6-13(7-5-12)20(2)3/h4-11,19H,1-3H3,(H,18,21). The number of nitrogens with one attached hydrogen (secondary N) is 2. The largest absolute Gasteiger partial charge is 0.479 e. The number of ether oxygens (including phenoxy) is 1. The summed E-state index contributed by atoms with van der Waals surface area (Å²) in [6.45, 7) is 1.63. The van der Waals surface area contributed by atoms with Gasteiger partial charge in [0.25, 0.3) is 15.9 Å². The summed E-state index contributed by atoms with van der Waals surface area (Å²) in [4.78, 5) is 13.7. The summed E-state index contributed by atoms with van der Waals surface area (Å²) in [6, 6.07) is 11.4. The molecule has 0 saturated carbocycles. The van der Waals surface area contributed by atoms with Crippen LogP contribution in [0.5, 0.6) is 5.75 Å². The van der Waals surface area contributed by atoms with E-state index in [2.05, 4.69) is 10.0 Å². The molecule has 0 aromatic heterocycles. The molecule has 0 saturated heterocycles. The van der Waals surface area contributed by atoms with Gasteiger partial charge in [0.15, 0.2) is 6.10 Å². The van der Waals surface area contributed by atoms with Crippen molar-refractivity contribution in [3.63, 3.8) is 0 Å². The van der Waals surface area contributed by atoms with Crippen molar-refractivity contribution in [2.45, 2.75) is 17.9 Å². The molecule has 0 fully saturated rings. The van der Waals surface area contributed by atoms with Crippen LogP contribution in [0.4, 0.5) is 17.1 Å². The Hall–Kier alpha value is -2.74. The summed E-state index contributed by atoms with van der Waals surface area (Å²) >= 11 is 0. The first kappa shape index (κ1) is 17.1. The molecule has 0 spiro atoms. The first-order chi connectivity index (χ1) is 11.8. The van der Waals surface area contributed by atoms with E-state index in [1.165, 1.54) is 18.2 Å². The van der Waals surface area contributed by atoms with Gasteiger partial charge in [-0.3, -0.25) is 9.52 Å². The molecule has 2 aromatic carbocycles. The highest BCUT2D eigenvalue weighted by molar-refractivity contribution is 7.92. The van der Waals surface area contributed by atoms with Crippen LogP contribution in [0.25, 0.3) is 0 Å². The minimum atomic E-state index is -3.78. The third-order valence-corrected chi connectivity index (χ3v) is 5.21. The van der Waals surface area contributed by atoms with Gasteiger partial charge in [0.05, 0.1) is 10.6 Å². The topological polar surface area (TPSA) is 87.7 Å². The molecule has 3 rings (SSSR count). The summed E-state index contributed by atoms with van der Waals surface area (Å²) in [5, 5.41) is 2.64. The van der Waals surface area contributed by atoms with Crippen molar-refractivity contribution in [2.24, 2.45) is 0 Å². The van der Waals surface area contributed by atoms with Gasteiger partial charge in [-0.25, -0.2) is 8.42 Å². The maximum Gasteiger partial charge on any atom is 0.265 e. The SMILES string of the molecule is CC1Oc2ccc(S(=O)(=O)Nc3ccc(N(C)C)cc3)cc2NC1=O. The lowest BCUT2D eigenvalue weighted by molar-refractivity contribution is -0.122. The molecule has 8 heteroatoms. The van der Waals surface area contributed by atoms with Gasteiger partial charge in [-0.15, -0.1) is 0 Å². The fourth-order valence-electron chi connectivity index (χ4n) is 2.40. The van der Waals surface area contributed by atoms with Crippen LogP contribution in [-0.2, 0) is 14.8 Å². The second-order valence-corrected chi connectivity index (χ2v) is 7.64. The Balaban J connectivity index is 1.85. The predicted octanol–water partition coefficient (Wildman–Crippen LogP) is 2.27. The number of rotatable bonds is 4. The molecule has 0 radical (unpaired) electrons. The fraction of sp³-hybridized carbons (Fsp3) is 0.235. The lowest BCUT2D eigenvalue weighted by Gasteiger charge is -2.23. The summed E-state index contributed by atoms with van der Waals surface area (Å²) in [5.41, 5.74) is 1.76. The highest BCUT2D eigenvalue weighted by atomic mass is 32.2. The molecule has 2 N–H and O–H groups in total. The number of benzene rings is 2. The lowest BCUT2D eigenvalue weighted by atomic mass is 10.2. The minimum Gasteiger partial charge on any atom is -0.479 e. The Morgan fingerprint density at radius 1 is 1.12 bits per heavy atom. The maximum absolute atomic E-state index is 12.6. The molecule has 1 heterocycles. The van der Waals surface area contributed by atoms with Crippen molar-refractivity contribution in [2.75, 3.05) is 29.0 Å². The van der Waals surface area contributed by atoms with Gasteiger partial charge in [0.1, 0.15) is 5.75 Å². The zero-order valence-corrected chi connectivity index (χ0v) is 14.9. The molecular formula is C17H19N3O4S.